The van der Waals surface area contributed by atoms with E-state index in [2.05, 4.69) is 0 Å². The molecule has 1 atom stereocenters. The summed E-state index contributed by atoms with van der Waals surface area (Å²) < 4.78 is 73.1. The normalized spacial score (nSPS) is 14.1. The predicted octanol–water partition coefficient (Wildman–Crippen LogP) is 2.70. The first-order valence-electron chi connectivity index (χ1n) is 3.62. The average molecular weight is 230 g/mol. The first kappa shape index (κ1) is 11.8. The predicted molar refractivity (Wildman–Crippen MR) is 37.3 cm³/mol. The van der Waals surface area contributed by atoms with Crippen LogP contribution >= 0.6 is 0 Å². The van der Waals surface area contributed by atoms with Crippen molar-refractivity contribution in [3.05, 3.63) is 35.1 Å². The van der Waals surface area contributed by atoms with Crippen LogP contribution in [-0.4, -0.2) is 11.3 Å². The Hall–Kier alpha value is -1.24. The van der Waals surface area contributed by atoms with Crippen LogP contribution in [0.25, 0.3) is 0 Å². The molecule has 7 heteroatoms. The van der Waals surface area contributed by atoms with Gasteiger partial charge in [-0.25, -0.2) is 13.2 Å². The van der Waals surface area contributed by atoms with Crippen LogP contribution in [0, 0.1) is 17.5 Å². The van der Waals surface area contributed by atoms with Gasteiger partial charge >= 0.3 is 6.18 Å². The number of halogens is 6. The SMILES string of the molecule is O[C@H](c1cc(F)c(F)c(F)c1)C(F)(F)F. The van der Waals surface area contributed by atoms with Crippen LogP contribution in [0.1, 0.15) is 11.7 Å². The molecular formula is C8H4F6O. The van der Waals surface area contributed by atoms with Crippen molar-refractivity contribution >= 4 is 0 Å². The highest BCUT2D eigenvalue weighted by Gasteiger charge is 2.40. The number of aliphatic hydroxyl groups excluding tert-OH is 1. The van der Waals surface area contributed by atoms with Crippen molar-refractivity contribution in [1.29, 1.82) is 0 Å². The Kier molecular flexibility index (Phi) is 2.94. The molecule has 0 saturated carbocycles. The van der Waals surface area contributed by atoms with Gasteiger partial charge in [-0.2, -0.15) is 13.2 Å². The molecule has 0 unspecified atom stereocenters. The largest absolute Gasteiger partial charge is 0.418 e. The van der Waals surface area contributed by atoms with Crippen molar-refractivity contribution in [2.24, 2.45) is 0 Å². The highest BCUT2D eigenvalue weighted by atomic mass is 19.4. The minimum atomic E-state index is -5.06. The fraction of sp³-hybridized carbons (Fsp3) is 0.250. The molecule has 0 amide bonds. The summed E-state index contributed by atoms with van der Waals surface area (Å²) in [5, 5.41) is 8.62. The molecular weight excluding hydrogens is 226 g/mol. The monoisotopic (exact) mass is 230 g/mol. The lowest BCUT2D eigenvalue weighted by Crippen LogP contribution is -2.20. The van der Waals surface area contributed by atoms with Crippen LogP contribution in [0.15, 0.2) is 12.1 Å². The molecule has 1 N–H and O–H groups in total. The smallest absolute Gasteiger partial charge is 0.379 e. The van der Waals surface area contributed by atoms with Gasteiger partial charge in [0.15, 0.2) is 23.6 Å². The Bertz CT molecular complexity index is 349. The van der Waals surface area contributed by atoms with Gasteiger partial charge in [0.05, 0.1) is 0 Å². The first-order valence-corrected chi connectivity index (χ1v) is 3.62. The fourth-order valence-corrected chi connectivity index (χ4v) is 0.922. The topological polar surface area (TPSA) is 20.2 Å². The molecule has 0 heterocycles. The lowest BCUT2D eigenvalue weighted by molar-refractivity contribution is -0.206. The van der Waals surface area contributed by atoms with Crippen LogP contribution in [0.3, 0.4) is 0 Å². The number of hydrogen-bond acceptors (Lipinski definition) is 1. The number of alkyl halides is 3. The maximum Gasteiger partial charge on any atom is 0.418 e. The molecule has 0 spiro atoms. The highest BCUT2D eigenvalue weighted by Crippen LogP contribution is 2.33. The third kappa shape index (κ3) is 2.41. The molecule has 1 nitrogen and oxygen atoms in total. The van der Waals surface area contributed by atoms with Gasteiger partial charge in [0.1, 0.15) is 0 Å². The van der Waals surface area contributed by atoms with E-state index in [0.717, 1.165) is 0 Å². The lowest BCUT2D eigenvalue weighted by atomic mass is 10.1. The number of hydrogen-bond donors (Lipinski definition) is 1. The fourth-order valence-electron chi connectivity index (χ4n) is 0.922. The molecule has 0 bridgehead atoms. The van der Waals surface area contributed by atoms with Crippen LogP contribution in [0.5, 0.6) is 0 Å². The van der Waals surface area contributed by atoms with E-state index in [4.69, 9.17) is 5.11 Å². The van der Waals surface area contributed by atoms with Gasteiger partial charge in [0, 0.05) is 0 Å². The van der Waals surface area contributed by atoms with E-state index >= 15 is 0 Å². The van der Waals surface area contributed by atoms with Crippen LogP contribution in [-0.2, 0) is 0 Å². The third-order valence-corrected chi connectivity index (χ3v) is 1.63. The lowest BCUT2D eigenvalue weighted by Gasteiger charge is -2.14. The molecule has 0 saturated heterocycles. The second-order valence-electron chi connectivity index (χ2n) is 2.74. The Balaban J connectivity index is 3.17. The molecule has 1 aromatic rings. The summed E-state index contributed by atoms with van der Waals surface area (Å²) in [6.45, 7) is 0. The zero-order chi connectivity index (χ0) is 11.8. The molecule has 0 aromatic heterocycles. The summed E-state index contributed by atoms with van der Waals surface area (Å²) >= 11 is 0. The van der Waals surface area contributed by atoms with Gasteiger partial charge in [0.25, 0.3) is 0 Å². The van der Waals surface area contributed by atoms with E-state index < -0.39 is 35.3 Å². The molecule has 0 aliphatic carbocycles. The first-order chi connectivity index (χ1) is 6.73. The summed E-state index contributed by atoms with van der Waals surface area (Å²) in [4.78, 5) is 0. The van der Waals surface area contributed by atoms with E-state index in [1.54, 1.807) is 0 Å². The molecule has 84 valence electrons. The minimum Gasteiger partial charge on any atom is -0.379 e. The van der Waals surface area contributed by atoms with E-state index in [-0.39, 0.29) is 12.1 Å². The van der Waals surface area contributed by atoms with E-state index in [0.29, 0.717) is 0 Å². The molecule has 0 fully saturated rings. The Morgan fingerprint density at radius 3 is 1.73 bits per heavy atom. The summed E-state index contributed by atoms with van der Waals surface area (Å²) in [6.07, 6.45) is -8.10. The molecule has 15 heavy (non-hydrogen) atoms. The summed E-state index contributed by atoms with van der Waals surface area (Å²) in [5.74, 6) is -5.45. The van der Waals surface area contributed by atoms with E-state index in [1.807, 2.05) is 0 Å². The summed E-state index contributed by atoms with van der Waals surface area (Å²) in [7, 11) is 0. The van der Waals surface area contributed by atoms with Crippen LogP contribution < -0.4 is 0 Å². The van der Waals surface area contributed by atoms with Gasteiger partial charge in [-0.3, -0.25) is 0 Å². The van der Waals surface area contributed by atoms with Crippen molar-refractivity contribution in [3.63, 3.8) is 0 Å². The molecule has 1 aromatic carbocycles. The second kappa shape index (κ2) is 3.73. The van der Waals surface area contributed by atoms with Gasteiger partial charge in [-0.05, 0) is 17.7 Å². The summed E-state index contributed by atoms with van der Waals surface area (Å²) in [5.41, 5.74) is -1.08. The minimum absolute atomic E-state index is 0.0938. The highest BCUT2D eigenvalue weighted by molar-refractivity contribution is 5.22. The third-order valence-electron chi connectivity index (χ3n) is 1.63. The zero-order valence-corrected chi connectivity index (χ0v) is 6.95. The molecule has 0 aliphatic heterocycles. The van der Waals surface area contributed by atoms with Gasteiger partial charge in [-0.1, -0.05) is 0 Å². The zero-order valence-electron chi connectivity index (χ0n) is 6.95. The number of aliphatic hydroxyl groups is 1. The number of benzene rings is 1. The molecule has 0 radical (unpaired) electrons. The van der Waals surface area contributed by atoms with Crippen molar-refractivity contribution in [1.82, 2.24) is 0 Å². The van der Waals surface area contributed by atoms with Crippen molar-refractivity contribution in [3.8, 4) is 0 Å². The second-order valence-corrected chi connectivity index (χ2v) is 2.74. The standard InChI is InChI=1S/C8H4F6O/c9-4-1-3(2-5(10)6(4)11)7(15)8(12,13)14/h1-2,7,15H/t7-/m1/s1. The van der Waals surface area contributed by atoms with Crippen LogP contribution in [0.4, 0.5) is 26.3 Å². The van der Waals surface area contributed by atoms with E-state index in [1.165, 1.54) is 0 Å². The average Bonchev–Trinajstić information content (AvgIpc) is 2.10. The molecule has 1 rings (SSSR count). The maximum atomic E-state index is 12.5. The number of rotatable bonds is 1. The van der Waals surface area contributed by atoms with Crippen LogP contribution in [0.2, 0.25) is 0 Å². The maximum absolute atomic E-state index is 12.5. The Morgan fingerprint density at radius 1 is 1.00 bits per heavy atom. The quantitative estimate of drug-likeness (QED) is 0.580. The van der Waals surface area contributed by atoms with Crippen molar-refractivity contribution in [2.75, 3.05) is 0 Å². The Morgan fingerprint density at radius 2 is 1.40 bits per heavy atom. The van der Waals surface area contributed by atoms with Gasteiger partial charge in [0.2, 0.25) is 0 Å². The summed E-state index contributed by atoms with van der Waals surface area (Å²) in [6, 6.07) is 0.188. The van der Waals surface area contributed by atoms with E-state index in [9.17, 15) is 26.3 Å². The Labute approximate surface area is 79.9 Å². The van der Waals surface area contributed by atoms with Gasteiger partial charge in [-0.15, -0.1) is 0 Å². The molecule has 0 aliphatic rings. The van der Waals surface area contributed by atoms with Crippen molar-refractivity contribution < 1.29 is 31.4 Å². The van der Waals surface area contributed by atoms with Gasteiger partial charge < -0.3 is 5.11 Å². The van der Waals surface area contributed by atoms with Crippen molar-refractivity contribution in [2.45, 2.75) is 12.3 Å².